The third kappa shape index (κ3) is 2.28. The van der Waals surface area contributed by atoms with Crippen LogP contribution in [0.2, 0.25) is 5.15 Å². The number of aromatic nitrogens is 3. The lowest BCUT2D eigenvalue weighted by Gasteiger charge is -2.02. The van der Waals surface area contributed by atoms with Gasteiger partial charge in [0, 0.05) is 17.1 Å². The molecule has 0 bridgehead atoms. The lowest BCUT2D eigenvalue weighted by Crippen LogP contribution is -2.12. The fourth-order valence-corrected chi connectivity index (χ4v) is 1.92. The smallest absolute Gasteiger partial charge is 0.259 e. The molecule has 19 heavy (non-hydrogen) atoms. The molecule has 2 heterocycles. The summed E-state index contributed by atoms with van der Waals surface area (Å²) in [5.74, 6) is 0.119. The predicted octanol–water partition coefficient (Wildman–Crippen LogP) is 2.86. The van der Waals surface area contributed by atoms with Crippen LogP contribution in [0.25, 0.3) is 10.9 Å². The van der Waals surface area contributed by atoms with Crippen molar-refractivity contribution in [3.63, 3.8) is 0 Å². The minimum absolute atomic E-state index is 0.242. The molecule has 0 aliphatic carbocycles. The van der Waals surface area contributed by atoms with Crippen LogP contribution < -0.4 is 5.32 Å². The molecule has 0 aliphatic heterocycles. The Hall–Kier alpha value is -2.40. The van der Waals surface area contributed by atoms with E-state index in [1.165, 1.54) is 12.4 Å². The van der Waals surface area contributed by atoms with Gasteiger partial charge >= 0.3 is 0 Å². The zero-order valence-corrected chi connectivity index (χ0v) is 10.5. The van der Waals surface area contributed by atoms with Crippen LogP contribution >= 0.6 is 11.6 Å². The van der Waals surface area contributed by atoms with Gasteiger partial charge in [-0.15, -0.1) is 0 Å². The van der Waals surface area contributed by atoms with Gasteiger partial charge in [-0.1, -0.05) is 29.8 Å². The number of anilines is 1. The van der Waals surface area contributed by atoms with Crippen LogP contribution in [0.5, 0.6) is 0 Å². The summed E-state index contributed by atoms with van der Waals surface area (Å²) in [6.45, 7) is 0. The number of carbonyl (C=O) groups is 1. The summed E-state index contributed by atoms with van der Waals surface area (Å²) >= 11 is 5.63. The van der Waals surface area contributed by atoms with Crippen molar-refractivity contribution in [2.75, 3.05) is 5.32 Å². The summed E-state index contributed by atoms with van der Waals surface area (Å²) in [6, 6.07) is 7.59. The number of halogens is 1. The van der Waals surface area contributed by atoms with Crippen LogP contribution in [0, 0.1) is 0 Å². The van der Waals surface area contributed by atoms with Crippen LogP contribution in [0.1, 0.15) is 10.4 Å². The van der Waals surface area contributed by atoms with Gasteiger partial charge in [0.25, 0.3) is 5.91 Å². The summed E-state index contributed by atoms with van der Waals surface area (Å²) in [5, 5.41) is 3.82. The van der Waals surface area contributed by atoms with Crippen molar-refractivity contribution in [1.82, 2.24) is 15.0 Å². The number of H-pyrrole nitrogens is 1. The molecule has 0 saturated heterocycles. The fraction of sp³-hybridized carbons (Fsp3) is 0. The van der Waals surface area contributed by atoms with E-state index in [4.69, 9.17) is 11.6 Å². The number of nitrogens with one attached hydrogen (secondary N) is 2. The average molecular weight is 273 g/mol. The molecule has 94 valence electrons. The molecule has 0 aliphatic rings. The number of benzene rings is 1. The highest BCUT2D eigenvalue weighted by Crippen LogP contribution is 2.18. The van der Waals surface area contributed by atoms with E-state index < -0.39 is 0 Å². The molecule has 6 heteroatoms. The van der Waals surface area contributed by atoms with Crippen LogP contribution in [0.4, 0.5) is 5.82 Å². The molecule has 0 fully saturated rings. The van der Waals surface area contributed by atoms with Gasteiger partial charge < -0.3 is 10.3 Å². The molecule has 0 radical (unpaired) electrons. The maximum Gasteiger partial charge on any atom is 0.259 e. The van der Waals surface area contributed by atoms with E-state index in [9.17, 15) is 4.79 Å². The third-order valence-corrected chi connectivity index (χ3v) is 2.89. The molecule has 1 amide bonds. The van der Waals surface area contributed by atoms with E-state index >= 15 is 0 Å². The van der Waals surface area contributed by atoms with Crippen LogP contribution in [0.3, 0.4) is 0 Å². The largest absolute Gasteiger partial charge is 0.360 e. The Balaban J connectivity index is 1.90. The Morgan fingerprint density at radius 2 is 2.05 bits per heavy atom. The average Bonchev–Trinajstić information content (AvgIpc) is 2.85. The molecule has 3 aromatic rings. The number of nitrogens with zero attached hydrogens (tertiary/aromatic N) is 2. The monoisotopic (exact) mass is 272 g/mol. The number of para-hydroxylation sites is 1. The molecule has 2 N–H and O–H groups in total. The number of amides is 1. The summed E-state index contributed by atoms with van der Waals surface area (Å²) in [6.07, 6.45) is 4.46. The zero-order valence-electron chi connectivity index (χ0n) is 9.72. The number of carbonyl (C=O) groups excluding carboxylic acids is 1. The molecule has 5 nitrogen and oxygen atoms in total. The van der Waals surface area contributed by atoms with Gasteiger partial charge in [0.15, 0.2) is 5.82 Å². The summed E-state index contributed by atoms with van der Waals surface area (Å²) < 4.78 is 0. The normalized spacial score (nSPS) is 10.6. The Labute approximate surface area is 113 Å². The molecular formula is C13H9ClN4O. The maximum absolute atomic E-state index is 12.1. The summed E-state index contributed by atoms with van der Waals surface area (Å²) in [4.78, 5) is 23.0. The Morgan fingerprint density at radius 3 is 2.84 bits per heavy atom. The number of rotatable bonds is 2. The second-order valence-electron chi connectivity index (χ2n) is 3.93. The summed E-state index contributed by atoms with van der Waals surface area (Å²) in [5.41, 5.74) is 1.47. The highest BCUT2D eigenvalue weighted by Gasteiger charge is 2.12. The number of hydrogen-bond acceptors (Lipinski definition) is 3. The molecule has 1 aromatic carbocycles. The lowest BCUT2D eigenvalue weighted by atomic mass is 10.1. The second kappa shape index (κ2) is 4.70. The number of fused-ring (bicyclic) bond motifs is 1. The Morgan fingerprint density at radius 1 is 1.21 bits per heavy atom. The van der Waals surface area contributed by atoms with Crippen LogP contribution in [0.15, 0.2) is 42.9 Å². The van der Waals surface area contributed by atoms with Gasteiger partial charge in [-0.05, 0) is 6.07 Å². The minimum Gasteiger partial charge on any atom is -0.360 e. The Bertz CT molecular complexity index is 736. The van der Waals surface area contributed by atoms with Crippen molar-refractivity contribution in [1.29, 1.82) is 0 Å². The highest BCUT2D eigenvalue weighted by atomic mass is 35.5. The topological polar surface area (TPSA) is 70.7 Å². The van der Waals surface area contributed by atoms with Crippen LogP contribution in [-0.2, 0) is 0 Å². The SMILES string of the molecule is O=C(Nc1cnc(Cl)cn1)c1c[nH]c2ccccc12. The molecule has 0 spiro atoms. The molecular weight excluding hydrogens is 264 g/mol. The molecule has 3 rings (SSSR count). The molecule has 0 unspecified atom stereocenters. The van der Waals surface area contributed by atoms with E-state index in [1.54, 1.807) is 6.20 Å². The first-order valence-corrected chi connectivity index (χ1v) is 5.97. The van der Waals surface area contributed by atoms with E-state index in [2.05, 4.69) is 20.3 Å². The first-order valence-electron chi connectivity index (χ1n) is 5.59. The van der Waals surface area contributed by atoms with Crippen LogP contribution in [-0.4, -0.2) is 20.9 Å². The van der Waals surface area contributed by atoms with Gasteiger partial charge in [0.2, 0.25) is 0 Å². The fourth-order valence-electron chi connectivity index (χ4n) is 1.82. The van der Waals surface area contributed by atoms with E-state index in [0.717, 1.165) is 10.9 Å². The van der Waals surface area contributed by atoms with Crippen molar-refractivity contribution in [3.05, 3.63) is 53.6 Å². The predicted molar refractivity (Wildman–Crippen MR) is 73.3 cm³/mol. The highest BCUT2D eigenvalue weighted by molar-refractivity contribution is 6.29. The van der Waals surface area contributed by atoms with Crippen molar-refractivity contribution in [2.45, 2.75) is 0 Å². The van der Waals surface area contributed by atoms with Gasteiger partial charge in [-0.2, -0.15) is 0 Å². The van der Waals surface area contributed by atoms with Crippen molar-refractivity contribution < 1.29 is 4.79 Å². The van der Waals surface area contributed by atoms with Gasteiger partial charge in [0.05, 0.1) is 18.0 Å². The van der Waals surface area contributed by atoms with Gasteiger partial charge in [-0.25, -0.2) is 9.97 Å². The van der Waals surface area contributed by atoms with E-state index in [1.807, 2.05) is 24.3 Å². The third-order valence-electron chi connectivity index (χ3n) is 2.70. The number of hydrogen-bond donors (Lipinski definition) is 2. The van der Waals surface area contributed by atoms with Crippen molar-refractivity contribution in [2.24, 2.45) is 0 Å². The van der Waals surface area contributed by atoms with Crippen molar-refractivity contribution in [3.8, 4) is 0 Å². The molecule has 0 saturated carbocycles. The summed E-state index contributed by atoms with van der Waals surface area (Å²) in [7, 11) is 0. The van der Waals surface area contributed by atoms with Crippen molar-refractivity contribution >= 4 is 34.2 Å². The van der Waals surface area contributed by atoms with E-state index in [0.29, 0.717) is 11.4 Å². The zero-order chi connectivity index (χ0) is 13.2. The quantitative estimate of drug-likeness (QED) is 0.753. The van der Waals surface area contributed by atoms with E-state index in [-0.39, 0.29) is 11.1 Å². The van der Waals surface area contributed by atoms with Gasteiger partial charge in [0.1, 0.15) is 5.15 Å². The first-order chi connectivity index (χ1) is 9.24. The maximum atomic E-state index is 12.1. The standard InChI is InChI=1S/C13H9ClN4O/c14-11-6-17-12(7-16-11)18-13(19)9-5-15-10-4-2-1-3-8(9)10/h1-7,15H,(H,17,18,19). The molecule has 0 atom stereocenters. The number of aromatic amines is 1. The second-order valence-corrected chi connectivity index (χ2v) is 4.31. The molecule has 2 aromatic heterocycles. The lowest BCUT2D eigenvalue weighted by molar-refractivity contribution is 0.102. The Kier molecular flexibility index (Phi) is 2.89. The minimum atomic E-state index is -0.242. The van der Waals surface area contributed by atoms with Gasteiger partial charge in [-0.3, -0.25) is 4.79 Å². The first kappa shape index (κ1) is 11.7.